The van der Waals surface area contributed by atoms with E-state index in [1.54, 1.807) is 30.0 Å². The zero-order valence-electron chi connectivity index (χ0n) is 15.2. The molecule has 0 saturated heterocycles. The first-order valence-electron chi connectivity index (χ1n) is 7.92. The molecule has 0 fully saturated rings. The van der Waals surface area contributed by atoms with E-state index in [1.807, 2.05) is 13.8 Å². The van der Waals surface area contributed by atoms with Crippen LogP contribution in [0, 0.1) is 6.92 Å². The van der Waals surface area contributed by atoms with Gasteiger partial charge in [0.1, 0.15) is 5.70 Å². The van der Waals surface area contributed by atoms with Crippen molar-refractivity contribution in [1.29, 1.82) is 0 Å². The first kappa shape index (κ1) is 20.2. The number of nitrogens with one attached hydrogen (secondary N) is 1. The van der Waals surface area contributed by atoms with Crippen molar-refractivity contribution in [2.75, 3.05) is 32.6 Å². The van der Waals surface area contributed by atoms with E-state index in [0.717, 1.165) is 11.6 Å². The Morgan fingerprint density at radius 2 is 1.76 bits per heavy atom. The maximum absolute atomic E-state index is 12.4. The summed E-state index contributed by atoms with van der Waals surface area (Å²) in [5, 5.41) is 2.85. The second-order valence-corrected chi connectivity index (χ2v) is 5.20. The molecule has 0 aliphatic rings. The SMILES string of the molecule is CCN(CC)C(=O)c1ccc(N/C(=C/C(=O)OC)C(=O)OC)c(C)c1. The Balaban J connectivity index is 3.10. The molecule has 0 aromatic heterocycles. The molecule has 0 spiro atoms. The van der Waals surface area contributed by atoms with Crippen molar-refractivity contribution in [3.8, 4) is 0 Å². The van der Waals surface area contributed by atoms with Gasteiger partial charge >= 0.3 is 11.9 Å². The highest BCUT2D eigenvalue weighted by Gasteiger charge is 2.16. The van der Waals surface area contributed by atoms with Crippen LogP contribution in [0.15, 0.2) is 30.0 Å². The minimum atomic E-state index is -0.701. The normalized spacial score (nSPS) is 10.8. The second-order valence-electron chi connectivity index (χ2n) is 5.20. The number of rotatable bonds is 7. The average Bonchev–Trinajstić information content (AvgIpc) is 2.62. The van der Waals surface area contributed by atoms with Crippen LogP contribution < -0.4 is 5.32 Å². The van der Waals surface area contributed by atoms with Gasteiger partial charge in [-0.15, -0.1) is 0 Å². The van der Waals surface area contributed by atoms with Gasteiger partial charge in [0.2, 0.25) is 0 Å². The van der Waals surface area contributed by atoms with Crippen LogP contribution in [0.25, 0.3) is 0 Å². The second kappa shape index (κ2) is 9.46. The van der Waals surface area contributed by atoms with E-state index < -0.39 is 11.9 Å². The number of benzene rings is 1. The fraction of sp³-hybridized carbons (Fsp3) is 0.389. The lowest BCUT2D eigenvalue weighted by atomic mass is 10.1. The van der Waals surface area contributed by atoms with Gasteiger partial charge in [0.15, 0.2) is 0 Å². The smallest absolute Gasteiger partial charge is 0.354 e. The molecule has 7 heteroatoms. The van der Waals surface area contributed by atoms with Crippen LogP contribution in [0.3, 0.4) is 0 Å². The van der Waals surface area contributed by atoms with E-state index in [4.69, 9.17) is 0 Å². The van der Waals surface area contributed by atoms with Gasteiger partial charge in [-0.05, 0) is 44.5 Å². The summed E-state index contributed by atoms with van der Waals surface area (Å²) in [6.45, 7) is 6.90. The van der Waals surface area contributed by atoms with Gasteiger partial charge in [0.05, 0.1) is 20.3 Å². The molecule has 0 heterocycles. The van der Waals surface area contributed by atoms with Crippen LogP contribution >= 0.6 is 0 Å². The van der Waals surface area contributed by atoms with Crippen LogP contribution in [0.5, 0.6) is 0 Å². The predicted molar refractivity (Wildman–Crippen MR) is 94.2 cm³/mol. The molecular weight excluding hydrogens is 324 g/mol. The number of ether oxygens (including phenoxy) is 2. The molecule has 0 atom stereocenters. The summed E-state index contributed by atoms with van der Waals surface area (Å²) in [6.07, 6.45) is 1.01. The Hall–Kier alpha value is -2.83. The number of hydrogen-bond donors (Lipinski definition) is 1. The summed E-state index contributed by atoms with van der Waals surface area (Å²) in [6, 6.07) is 5.08. The van der Waals surface area contributed by atoms with Gasteiger partial charge < -0.3 is 19.7 Å². The maximum Gasteiger partial charge on any atom is 0.354 e. The minimum absolute atomic E-state index is 0.0553. The van der Waals surface area contributed by atoms with Crippen LogP contribution in [-0.2, 0) is 19.1 Å². The topological polar surface area (TPSA) is 84.9 Å². The molecule has 1 aromatic rings. The first-order chi connectivity index (χ1) is 11.9. The average molecular weight is 348 g/mol. The highest BCUT2D eigenvalue weighted by Crippen LogP contribution is 2.20. The van der Waals surface area contributed by atoms with Gasteiger partial charge in [-0.3, -0.25) is 4.79 Å². The number of carbonyl (C=O) groups is 3. The lowest BCUT2D eigenvalue weighted by Crippen LogP contribution is -2.30. The molecule has 1 amide bonds. The predicted octanol–water partition coefficient (Wildman–Crippen LogP) is 2.12. The molecule has 0 unspecified atom stereocenters. The molecule has 0 saturated carbocycles. The number of amides is 1. The van der Waals surface area contributed by atoms with E-state index in [9.17, 15) is 14.4 Å². The van der Waals surface area contributed by atoms with Crippen molar-refractivity contribution in [3.05, 3.63) is 41.1 Å². The number of carbonyl (C=O) groups excluding carboxylic acids is 3. The quantitative estimate of drug-likeness (QED) is 0.600. The molecule has 1 rings (SSSR count). The summed E-state index contributed by atoms with van der Waals surface area (Å²) in [4.78, 5) is 37.3. The Kier molecular flexibility index (Phi) is 7.65. The molecule has 0 bridgehead atoms. The zero-order chi connectivity index (χ0) is 19.0. The van der Waals surface area contributed by atoms with Crippen LogP contribution in [-0.4, -0.2) is 50.1 Å². The third-order valence-electron chi connectivity index (χ3n) is 3.66. The lowest BCUT2D eigenvalue weighted by molar-refractivity contribution is -0.138. The summed E-state index contributed by atoms with van der Waals surface area (Å²) in [7, 11) is 2.43. The zero-order valence-corrected chi connectivity index (χ0v) is 15.2. The Morgan fingerprint density at radius 3 is 2.24 bits per heavy atom. The molecule has 1 aromatic carbocycles. The van der Waals surface area contributed by atoms with Gasteiger partial charge in [-0.1, -0.05) is 0 Å². The summed E-state index contributed by atoms with van der Waals surface area (Å²) in [5.74, 6) is -1.44. The van der Waals surface area contributed by atoms with Crippen LogP contribution in [0.2, 0.25) is 0 Å². The highest BCUT2D eigenvalue weighted by atomic mass is 16.5. The molecule has 7 nitrogen and oxygen atoms in total. The molecule has 0 aliphatic heterocycles. The van der Waals surface area contributed by atoms with E-state index in [2.05, 4.69) is 14.8 Å². The molecule has 0 aliphatic carbocycles. The Bertz CT molecular complexity index is 678. The summed E-state index contributed by atoms with van der Waals surface area (Å²) < 4.78 is 9.19. The number of anilines is 1. The first-order valence-corrected chi connectivity index (χ1v) is 7.92. The van der Waals surface area contributed by atoms with Gasteiger partial charge in [-0.25, -0.2) is 9.59 Å². The van der Waals surface area contributed by atoms with Crippen molar-refractivity contribution >= 4 is 23.5 Å². The van der Waals surface area contributed by atoms with Crippen molar-refractivity contribution in [1.82, 2.24) is 4.90 Å². The number of hydrogen-bond acceptors (Lipinski definition) is 6. The standard InChI is InChI=1S/C18H24N2O5/c1-6-20(7-2)17(22)13-8-9-14(12(3)10-13)19-15(18(23)25-5)11-16(21)24-4/h8-11,19H,6-7H2,1-5H3/b15-11+. The van der Waals surface area contributed by atoms with Crippen molar-refractivity contribution in [2.45, 2.75) is 20.8 Å². The van der Waals surface area contributed by atoms with E-state index in [-0.39, 0.29) is 11.6 Å². The van der Waals surface area contributed by atoms with Crippen molar-refractivity contribution < 1.29 is 23.9 Å². The molecule has 0 radical (unpaired) electrons. The Labute approximate surface area is 147 Å². The van der Waals surface area contributed by atoms with Crippen molar-refractivity contribution in [2.24, 2.45) is 0 Å². The number of esters is 2. The number of methoxy groups -OCH3 is 2. The molecule has 1 N–H and O–H groups in total. The fourth-order valence-corrected chi connectivity index (χ4v) is 2.21. The highest BCUT2D eigenvalue weighted by molar-refractivity contribution is 5.99. The number of aryl methyl sites for hydroxylation is 1. The summed E-state index contributed by atoms with van der Waals surface area (Å²) >= 11 is 0. The van der Waals surface area contributed by atoms with Crippen molar-refractivity contribution in [3.63, 3.8) is 0 Å². The molecule has 136 valence electrons. The van der Waals surface area contributed by atoms with E-state index in [1.165, 1.54) is 14.2 Å². The maximum atomic E-state index is 12.4. The number of nitrogens with zero attached hydrogens (tertiary/aromatic N) is 1. The Morgan fingerprint density at radius 1 is 1.12 bits per heavy atom. The van der Waals surface area contributed by atoms with Crippen LogP contribution in [0.1, 0.15) is 29.8 Å². The molecular formula is C18H24N2O5. The van der Waals surface area contributed by atoms with Crippen LogP contribution in [0.4, 0.5) is 5.69 Å². The minimum Gasteiger partial charge on any atom is -0.466 e. The van der Waals surface area contributed by atoms with E-state index in [0.29, 0.717) is 24.3 Å². The van der Waals surface area contributed by atoms with Gasteiger partial charge in [-0.2, -0.15) is 0 Å². The third kappa shape index (κ3) is 5.34. The third-order valence-corrected chi connectivity index (χ3v) is 3.66. The van der Waals surface area contributed by atoms with E-state index >= 15 is 0 Å². The fourth-order valence-electron chi connectivity index (χ4n) is 2.21. The largest absolute Gasteiger partial charge is 0.466 e. The molecule has 25 heavy (non-hydrogen) atoms. The monoisotopic (exact) mass is 348 g/mol. The lowest BCUT2D eigenvalue weighted by Gasteiger charge is -2.19. The van der Waals surface area contributed by atoms with Gasteiger partial charge in [0, 0.05) is 24.3 Å². The summed E-state index contributed by atoms with van der Waals surface area (Å²) in [5.41, 5.74) is 1.83. The van der Waals surface area contributed by atoms with Gasteiger partial charge in [0.25, 0.3) is 5.91 Å².